The molecule has 1 aliphatic heterocycles. The van der Waals surface area contributed by atoms with Crippen molar-refractivity contribution in [1.82, 2.24) is 0 Å². The zero-order chi connectivity index (χ0) is 21.3. The summed E-state index contributed by atoms with van der Waals surface area (Å²) in [6.45, 7) is 2.22. The van der Waals surface area contributed by atoms with Crippen LogP contribution in [-0.4, -0.2) is 30.1 Å². The summed E-state index contributed by atoms with van der Waals surface area (Å²) in [4.78, 5) is 25.2. The molecule has 30 heavy (non-hydrogen) atoms. The van der Waals surface area contributed by atoms with Crippen LogP contribution in [0.5, 0.6) is 0 Å². The van der Waals surface area contributed by atoms with E-state index in [4.69, 9.17) is 21.4 Å². The number of halogens is 1. The van der Waals surface area contributed by atoms with Gasteiger partial charge in [0.25, 0.3) is 0 Å². The van der Waals surface area contributed by atoms with Crippen LogP contribution in [0, 0.1) is 5.92 Å². The summed E-state index contributed by atoms with van der Waals surface area (Å²) < 4.78 is 5.32. The smallest absolute Gasteiger partial charge is 0.337 e. The van der Waals surface area contributed by atoms with Gasteiger partial charge in [0.2, 0.25) is 0 Å². The molecule has 6 heteroatoms. The van der Waals surface area contributed by atoms with Crippen LogP contribution in [0.3, 0.4) is 0 Å². The van der Waals surface area contributed by atoms with Crippen molar-refractivity contribution in [3.63, 3.8) is 0 Å². The molecule has 2 aromatic carbocycles. The first kappa shape index (κ1) is 22.2. The number of carboxylic acid groups (broad SMARTS) is 1. The number of nitrogens with zero attached hydrogens (tertiary/aromatic N) is 1. The summed E-state index contributed by atoms with van der Waals surface area (Å²) in [5, 5.41) is 9.37. The fourth-order valence-electron chi connectivity index (χ4n) is 3.87. The number of piperidine rings is 1. The maximum Gasteiger partial charge on any atom is 0.337 e. The van der Waals surface area contributed by atoms with Crippen LogP contribution in [0.15, 0.2) is 48.5 Å². The number of esters is 1. The Bertz CT molecular complexity index is 848. The molecule has 0 saturated carbocycles. The average molecular weight is 430 g/mol. The second-order valence-electron chi connectivity index (χ2n) is 7.79. The molecule has 0 atom stereocenters. The van der Waals surface area contributed by atoms with Crippen molar-refractivity contribution in [3.8, 4) is 0 Å². The predicted molar refractivity (Wildman–Crippen MR) is 118 cm³/mol. The van der Waals surface area contributed by atoms with Gasteiger partial charge < -0.3 is 14.7 Å². The lowest BCUT2D eigenvalue weighted by Crippen LogP contribution is -2.33. The molecular formula is C24H28ClNO4. The van der Waals surface area contributed by atoms with Crippen molar-refractivity contribution in [1.29, 1.82) is 0 Å². The van der Waals surface area contributed by atoms with Gasteiger partial charge in [-0.2, -0.15) is 0 Å². The molecule has 0 aromatic heterocycles. The van der Waals surface area contributed by atoms with E-state index >= 15 is 0 Å². The van der Waals surface area contributed by atoms with Gasteiger partial charge in [0.1, 0.15) is 6.61 Å². The number of hydrogen-bond donors (Lipinski definition) is 1. The van der Waals surface area contributed by atoms with E-state index in [1.165, 1.54) is 0 Å². The Morgan fingerprint density at radius 1 is 1.07 bits per heavy atom. The molecule has 0 bridgehead atoms. The van der Waals surface area contributed by atoms with Gasteiger partial charge in [-0.05, 0) is 48.9 Å². The van der Waals surface area contributed by atoms with Crippen molar-refractivity contribution < 1.29 is 19.4 Å². The first-order valence-corrected chi connectivity index (χ1v) is 10.9. The zero-order valence-electron chi connectivity index (χ0n) is 17.1. The van der Waals surface area contributed by atoms with Gasteiger partial charge in [0.15, 0.2) is 0 Å². The van der Waals surface area contributed by atoms with Gasteiger partial charge in [0.05, 0.1) is 10.6 Å². The number of carbonyl (C=O) groups is 2. The van der Waals surface area contributed by atoms with Crippen molar-refractivity contribution in [2.75, 3.05) is 18.0 Å². The molecule has 0 unspecified atom stereocenters. The lowest BCUT2D eigenvalue weighted by molar-refractivity contribution is -0.145. The van der Waals surface area contributed by atoms with Gasteiger partial charge in [0, 0.05) is 25.2 Å². The molecule has 2 aromatic rings. The Balaban J connectivity index is 1.32. The highest BCUT2D eigenvalue weighted by atomic mass is 35.5. The monoisotopic (exact) mass is 429 g/mol. The van der Waals surface area contributed by atoms with Crippen LogP contribution in [0.25, 0.3) is 0 Å². The Labute approximate surface area is 182 Å². The van der Waals surface area contributed by atoms with Gasteiger partial charge >= 0.3 is 11.9 Å². The third-order valence-corrected chi connectivity index (χ3v) is 5.96. The van der Waals surface area contributed by atoms with Crippen LogP contribution in [0.4, 0.5) is 5.69 Å². The van der Waals surface area contributed by atoms with E-state index in [-0.39, 0.29) is 16.6 Å². The SMILES string of the molecule is O=C(CCCCC1CCN(c2ccc(C(=O)O)c(Cl)c2)CC1)OCc1ccccc1. The van der Waals surface area contributed by atoms with Gasteiger partial charge in [-0.25, -0.2) is 4.79 Å². The Morgan fingerprint density at radius 3 is 2.47 bits per heavy atom. The predicted octanol–water partition coefficient (Wildman–Crippen LogP) is 5.56. The molecule has 1 N–H and O–H groups in total. The minimum atomic E-state index is -1.01. The van der Waals surface area contributed by atoms with E-state index in [1.807, 2.05) is 36.4 Å². The minimum absolute atomic E-state index is 0.129. The molecule has 0 spiro atoms. The van der Waals surface area contributed by atoms with Crippen LogP contribution in [0.1, 0.15) is 54.4 Å². The topological polar surface area (TPSA) is 66.8 Å². The van der Waals surface area contributed by atoms with Gasteiger partial charge in [-0.1, -0.05) is 54.8 Å². The maximum absolute atomic E-state index is 11.9. The lowest BCUT2D eigenvalue weighted by Gasteiger charge is -2.34. The Kier molecular flexibility index (Phi) is 8.14. The quantitative estimate of drug-likeness (QED) is 0.417. The highest BCUT2D eigenvalue weighted by molar-refractivity contribution is 6.33. The number of anilines is 1. The summed E-state index contributed by atoms with van der Waals surface area (Å²) in [7, 11) is 0. The molecule has 0 aliphatic carbocycles. The molecule has 5 nitrogen and oxygen atoms in total. The first-order chi connectivity index (χ1) is 14.5. The summed E-state index contributed by atoms with van der Waals surface area (Å²) in [6, 6.07) is 14.9. The molecule has 0 amide bonds. The highest BCUT2D eigenvalue weighted by Gasteiger charge is 2.20. The number of unbranched alkanes of at least 4 members (excludes halogenated alkanes) is 1. The molecule has 1 heterocycles. The number of carbonyl (C=O) groups excluding carboxylic acids is 1. The van der Waals surface area contributed by atoms with Crippen molar-refractivity contribution in [2.24, 2.45) is 5.92 Å². The fourth-order valence-corrected chi connectivity index (χ4v) is 4.12. The Hall–Kier alpha value is -2.53. The van der Waals surface area contributed by atoms with E-state index in [1.54, 1.807) is 12.1 Å². The third-order valence-electron chi connectivity index (χ3n) is 5.65. The highest BCUT2D eigenvalue weighted by Crippen LogP contribution is 2.29. The van der Waals surface area contributed by atoms with E-state index in [9.17, 15) is 9.59 Å². The zero-order valence-corrected chi connectivity index (χ0v) is 17.8. The molecule has 1 fully saturated rings. The standard InChI is InChI=1S/C24H28ClNO4/c25-22-16-20(10-11-21(22)24(28)29)26-14-12-18(13-15-26)6-4-5-9-23(27)30-17-19-7-2-1-3-8-19/h1-3,7-8,10-11,16,18H,4-6,9,12-15,17H2,(H,28,29). The molecule has 160 valence electrons. The lowest BCUT2D eigenvalue weighted by atomic mass is 9.91. The number of hydrogen-bond acceptors (Lipinski definition) is 4. The van der Waals surface area contributed by atoms with Crippen molar-refractivity contribution >= 4 is 29.2 Å². The maximum atomic E-state index is 11.9. The van der Waals surface area contributed by atoms with Crippen LogP contribution < -0.4 is 4.90 Å². The van der Waals surface area contributed by atoms with Gasteiger partial charge in [-0.15, -0.1) is 0 Å². The largest absolute Gasteiger partial charge is 0.478 e. The second kappa shape index (κ2) is 11.0. The molecule has 1 aliphatic rings. The first-order valence-electron chi connectivity index (χ1n) is 10.5. The van der Waals surface area contributed by atoms with E-state index in [0.29, 0.717) is 18.9 Å². The summed E-state index contributed by atoms with van der Waals surface area (Å²) in [6.07, 6.45) is 5.68. The van der Waals surface area contributed by atoms with Crippen molar-refractivity contribution in [3.05, 3.63) is 64.7 Å². The number of carboxylic acids is 1. The number of aromatic carboxylic acids is 1. The molecular weight excluding hydrogens is 402 g/mol. The number of rotatable bonds is 9. The average Bonchev–Trinajstić information content (AvgIpc) is 2.76. The van der Waals surface area contributed by atoms with Crippen molar-refractivity contribution in [2.45, 2.75) is 45.1 Å². The molecule has 1 saturated heterocycles. The summed E-state index contributed by atoms with van der Waals surface area (Å²) in [5.41, 5.74) is 2.12. The Morgan fingerprint density at radius 2 is 1.80 bits per heavy atom. The third kappa shape index (κ3) is 6.49. The number of ether oxygens (including phenoxy) is 1. The van der Waals surface area contributed by atoms with Crippen LogP contribution in [-0.2, 0) is 16.1 Å². The van der Waals surface area contributed by atoms with E-state index < -0.39 is 5.97 Å². The molecule has 3 rings (SSSR count). The van der Waals surface area contributed by atoms with Crippen LogP contribution in [0.2, 0.25) is 5.02 Å². The van der Waals surface area contributed by atoms with Crippen LogP contribution >= 0.6 is 11.6 Å². The second-order valence-corrected chi connectivity index (χ2v) is 8.20. The summed E-state index contributed by atoms with van der Waals surface area (Å²) in [5.74, 6) is -0.472. The fraction of sp³-hybridized carbons (Fsp3) is 0.417. The van der Waals surface area contributed by atoms with Gasteiger partial charge in [-0.3, -0.25) is 4.79 Å². The summed E-state index contributed by atoms with van der Waals surface area (Å²) >= 11 is 6.09. The normalized spacial score (nSPS) is 14.5. The molecule has 0 radical (unpaired) electrons. The van der Waals surface area contributed by atoms with E-state index in [0.717, 1.165) is 56.4 Å². The van der Waals surface area contributed by atoms with E-state index in [2.05, 4.69) is 4.90 Å². The number of benzene rings is 2. The minimum Gasteiger partial charge on any atom is -0.478 e.